The van der Waals surface area contributed by atoms with Crippen LogP contribution >= 0.6 is 0 Å². The maximum Gasteiger partial charge on any atom is 0.337 e. The van der Waals surface area contributed by atoms with Gasteiger partial charge in [0.05, 0.1) is 37.5 Å². The molecule has 1 saturated heterocycles. The molecule has 1 aliphatic rings. The molecule has 0 radical (unpaired) electrons. The van der Waals surface area contributed by atoms with E-state index in [9.17, 15) is 18.0 Å². The van der Waals surface area contributed by atoms with E-state index in [-0.39, 0.29) is 29.2 Å². The van der Waals surface area contributed by atoms with Gasteiger partial charge in [0.15, 0.2) is 0 Å². The number of ether oxygens (including phenoxy) is 3. The SMILES string of the molecule is COC(=O)c1ccc(OC)c(NC(=O)CCc2cc(S(=O)(=O)N3CCCCC3)ccc2OC)c1. The summed E-state index contributed by atoms with van der Waals surface area (Å²) >= 11 is 0. The van der Waals surface area contributed by atoms with Crippen LogP contribution < -0.4 is 14.8 Å². The van der Waals surface area contributed by atoms with Gasteiger partial charge in [-0.25, -0.2) is 13.2 Å². The fourth-order valence-electron chi connectivity index (χ4n) is 3.88. The van der Waals surface area contributed by atoms with Gasteiger partial charge >= 0.3 is 5.97 Å². The van der Waals surface area contributed by atoms with Gasteiger partial charge in [-0.3, -0.25) is 4.79 Å². The number of carbonyl (C=O) groups excluding carboxylic acids is 2. The Kier molecular flexibility index (Phi) is 8.51. The minimum atomic E-state index is -3.60. The third-order valence-electron chi connectivity index (χ3n) is 5.72. The van der Waals surface area contributed by atoms with E-state index in [1.807, 2.05) is 0 Å². The number of piperidine rings is 1. The van der Waals surface area contributed by atoms with Crippen molar-refractivity contribution in [2.24, 2.45) is 0 Å². The second kappa shape index (κ2) is 11.3. The number of carbonyl (C=O) groups is 2. The van der Waals surface area contributed by atoms with Crippen molar-refractivity contribution >= 4 is 27.6 Å². The molecule has 184 valence electrons. The van der Waals surface area contributed by atoms with Crippen LogP contribution in [-0.2, 0) is 26.0 Å². The Morgan fingerprint density at radius 1 is 0.941 bits per heavy atom. The summed E-state index contributed by atoms with van der Waals surface area (Å²) in [6, 6.07) is 9.32. The third-order valence-corrected chi connectivity index (χ3v) is 7.62. The average Bonchev–Trinajstić information content (AvgIpc) is 2.87. The number of nitrogens with zero attached hydrogens (tertiary/aromatic N) is 1. The van der Waals surface area contributed by atoms with E-state index in [0.29, 0.717) is 35.8 Å². The number of rotatable bonds is 9. The molecule has 1 N–H and O–H groups in total. The highest BCUT2D eigenvalue weighted by atomic mass is 32.2. The van der Waals surface area contributed by atoms with Crippen molar-refractivity contribution < 1.29 is 32.2 Å². The second-order valence-electron chi connectivity index (χ2n) is 7.89. The van der Waals surface area contributed by atoms with Gasteiger partial charge in [0.2, 0.25) is 15.9 Å². The standard InChI is InChI=1S/C24H30N2O7S/c1-31-21-11-9-19(34(29,30)26-13-5-4-6-14-26)15-17(21)8-12-23(27)25-20-16-18(24(28)33-3)7-10-22(20)32-2/h7,9-11,15-16H,4-6,8,12-14H2,1-3H3,(H,25,27). The molecule has 9 nitrogen and oxygen atoms in total. The number of amides is 1. The zero-order valence-corrected chi connectivity index (χ0v) is 20.4. The zero-order chi connectivity index (χ0) is 24.7. The third kappa shape index (κ3) is 5.87. The Morgan fingerprint density at radius 3 is 2.26 bits per heavy atom. The molecule has 0 aromatic heterocycles. The van der Waals surface area contributed by atoms with Crippen LogP contribution in [0.2, 0.25) is 0 Å². The molecule has 0 atom stereocenters. The van der Waals surface area contributed by atoms with E-state index < -0.39 is 16.0 Å². The largest absolute Gasteiger partial charge is 0.496 e. The summed E-state index contributed by atoms with van der Waals surface area (Å²) in [7, 11) is 0.633. The molecule has 0 unspecified atom stereocenters. The van der Waals surface area contributed by atoms with Gasteiger partial charge in [-0.15, -0.1) is 0 Å². The van der Waals surface area contributed by atoms with E-state index in [1.165, 1.54) is 37.8 Å². The number of methoxy groups -OCH3 is 3. The molecule has 1 heterocycles. The Balaban J connectivity index is 1.75. The number of hydrogen-bond donors (Lipinski definition) is 1. The minimum Gasteiger partial charge on any atom is -0.496 e. The number of hydrogen-bond acceptors (Lipinski definition) is 7. The average molecular weight is 491 g/mol. The lowest BCUT2D eigenvalue weighted by Gasteiger charge is -2.26. The molecule has 0 saturated carbocycles. The summed E-state index contributed by atoms with van der Waals surface area (Å²) in [6.07, 6.45) is 3.06. The van der Waals surface area contributed by atoms with Gasteiger partial charge in [0.1, 0.15) is 11.5 Å². The fraction of sp³-hybridized carbons (Fsp3) is 0.417. The molecule has 2 aromatic rings. The van der Waals surface area contributed by atoms with Crippen LogP contribution in [0, 0.1) is 0 Å². The topological polar surface area (TPSA) is 111 Å². The van der Waals surface area contributed by atoms with Crippen molar-refractivity contribution in [3.05, 3.63) is 47.5 Å². The minimum absolute atomic E-state index is 0.0647. The first kappa shape index (κ1) is 25.5. The van der Waals surface area contributed by atoms with E-state index >= 15 is 0 Å². The summed E-state index contributed by atoms with van der Waals surface area (Å²) in [5, 5.41) is 2.75. The lowest BCUT2D eigenvalue weighted by atomic mass is 10.1. The van der Waals surface area contributed by atoms with Crippen LogP contribution in [0.3, 0.4) is 0 Å². The number of esters is 1. The highest BCUT2D eigenvalue weighted by Crippen LogP contribution is 2.29. The van der Waals surface area contributed by atoms with Crippen LogP contribution in [0.25, 0.3) is 0 Å². The zero-order valence-electron chi connectivity index (χ0n) is 19.6. The quantitative estimate of drug-likeness (QED) is 0.537. The van der Waals surface area contributed by atoms with Gasteiger partial charge in [0.25, 0.3) is 0 Å². The molecule has 1 aliphatic heterocycles. The normalized spacial score (nSPS) is 14.3. The Bertz CT molecular complexity index is 1140. The summed E-state index contributed by atoms with van der Waals surface area (Å²) in [5.74, 6) is 0.0464. The first-order chi connectivity index (χ1) is 16.3. The summed E-state index contributed by atoms with van der Waals surface area (Å²) in [5.41, 5.74) is 1.23. The highest BCUT2D eigenvalue weighted by molar-refractivity contribution is 7.89. The number of aryl methyl sites for hydroxylation is 1. The summed E-state index contributed by atoms with van der Waals surface area (Å²) in [4.78, 5) is 24.7. The Morgan fingerprint density at radius 2 is 1.62 bits per heavy atom. The first-order valence-electron chi connectivity index (χ1n) is 11.0. The fourth-order valence-corrected chi connectivity index (χ4v) is 5.44. The van der Waals surface area contributed by atoms with E-state index in [4.69, 9.17) is 14.2 Å². The molecule has 0 aliphatic carbocycles. The predicted molar refractivity (Wildman–Crippen MR) is 127 cm³/mol. The molecule has 10 heteroatoms. The number of sulfonamides is 1. The first-order valence-corrected chi connectivity index (χ1v) is 12.5. The van der Waals surface area contributed by atoms with Crippen LogP contribution in [0.4, 0.5) is 5.69 Å². The predicted octanol–water partition coefficient (Wildman–Crippen LogP) is 3.24. The van der Waals surface area contributed by atoms with E-state index in [0.717, 1.165) is 19.3 Å². The van der Waals surface area contributed by atoms with Crippen LogP contribution in [-0.4, -0.2) is 59.0 Å². The number of anilines is 1. The maximum absolute atomic E-state index is 13.1. The molecule has 1 fully saturated rings. The monoisotopic (exact) mass is 490 g/mol. The van der Waals surface area contributed by atoms with Gasteiger partial charge in [0, 0.05) is 19.5 Å². The van der Waals surface area contributed by atoms with Crippen molar-refractivity contribution in [2.75, 3.05) is 39.7 Å². The molecule has 2 aromatic carbocycles. The van der Waals surface area contributed by atoms with Gasteiger partial charge in [-0.05, 0) is 61.2 Å². The van der Waals surface area contributed by atoms with E-state index in [1.54, 1.807) is 24.3 Å². The molecule has 0 bridgehead atoms. The Labute approximate surface area is 200 Å². The van der Waals surface area contributed by atoms with Crippen molar-refractivity contribution in [3.63, 3.8) is 0 Å². The lowest BCUT2D eigenvalue weighted by molar-refractivity contribution is -0.116. The maximum atomic E-state index is 13.1. The van der Waals surface area contributed by atoms with Crippen molar-refractivity contribution in [3.8, 4) is 11.5 Å². The van der Waals surface area contributed by atoms with Gasteiger partial charge < -0.3 is 19.5 Å². The van der Waals surface area contributed by atoms with Crippen molar-refractivity contribution in [1.82, 2.24) is 4.31 Å². The summed E-state index contributed by atoms with van der Waals surface area (Å²) < 4.78 is 43.0. The molecular formula is C24H30N2O7S. The van der Waals surface area contributed by atoms with Crippen molar-refractivity contribution in [1.29, 1.82) is 0 Å². The number of benzene rings is 2. The molecule has 34 heavy (non-hydrogen) atoms. The molecule has 0 spiro atoms. The van der Waals surface area contributed by atoms with Crippen LogP contribution in [0.15, 0.2) is 41.3 Å². The summed E-state index contributed by atoms with van der Waals surface area (Å²) in [6.45, 7) is 1.02. The van der Waals surface area contributed by atoms with Crippen LogP contribution in [0.5, 0.6) is 11.5 Å². The van der Waals surface area contributed by atoms with Crippen LogP contribution in [0.1, 0.15) is 41.6 Å². The molecular weight excluding hydrogens is 460 g/mol. The second-order valence-corrected chi connectivity index (χ2v) is 9.83. The number of nitrogens with one attached hydrogen (secondary N) is 1. The smallest absolute Gasteiger partial charge is 0.337 e. The molecule has 1 amide bonds. The highest BCUT2D eigenvalue weighted by Gasteiger charge is 2.26. The lowest BCUT2D eigenvalue weighted by Crippen LogP contribution is -2.35. The van der Waals surface area contributed by atoms with Gasteiger partial charge in [-0.2, -0.15) is 4.31 Å². The molecule has 3 rings (SSSR count). The van der Waals surface area contributed by atoms with E-state index in [2.05, 4.69) is 5.32 Å². The Hall–Kier alpha value is -3.11. The van der Waals surface area contributed by atoms with Crippen molar-refractivity contribution in [2.45, 2.75) is 37.0 Å². The van der Waals surface area contributed by atoms with Gasteiger partial charge in [-0.1, -0.05) is 6.42 Å².